The molecule has 0 N–H and O–H groups in total. The van der Waals surface area contributed by atoms with Gasteiger partial charge >= 0.3 is 83.2 Å². The Balaban J connectivity index is 1.58. The molecule has 0 aromatic carbocycles. The Morgan fingerprint density at radius 2 is 1.56 bits per heavy atom. The first-order valence-corrected chi connectivity index (χ1v) is 13.1. The molecule has 10 aliphatic heterocycles. The Morgan fingerprint density at radius 1 is 1.06 bits per heavy atom. The minimum atomic E-state index is -2.92. The number of hydrogen-bond acceptors (Lipinski definition) is 2. The molecule has 0 saturated carbocycles. The normalized spacial score (nSPS) is 125. The molecule has 3 heteroatoms. The first kappa shape index (κ1) is 5.75. The number of esters is 1. The van der Waals surface area contributed by atoms with Crippen LogP contribution in [0.15, 0.2) is 0 Å². The van der Waals surface area contributed by atoms with E-state index in [0.717, 1.165) is 10.7 Å². The third-order valence-electron chi connectivity index (χ3n) is 15.6. The quantitative estimate of drug-likeness (QED) is 0.561. The Kier molecular flexibility index (Phi) is 0.153. The average Bonchev–Trinajstić information content (AvgIpc) is 3.23. The summed E-state index contributed by atoms with van der Waals surface area (Å²) in [5.41, 5.74) is 0. The van der Waals surface area contributed by atoms with Crippen molar-refractivity contribution in [2.75, 3.05) is 7.11 Å². The molecule has 1 spiro atoms. The topological polar surface area (TPSA) is 26.3 Å². The van der Waals surface area contributed by atoms with Crippen LogP contribution in [-0.4, -0.2) is 13.1 Å². The Bertz CT molecular complexity index is 879. The number of rotatable bonds is 2. The Morgan fingerprint density at radius 3 is 1.81 bits per heavy atom. The SMILES string of the molecule is COC(=O)C[C]12[CH]3[CH]4[CH]5[CH]1[Fe]45321678[CH]2[CH]1[CH]6[CH]7[CH]28. The van der Waals surface area contributed by atoms with Gasteiger partial charge in [-0.05, 0) is 0 Å². The number of carbonyl (C=O) groups excluding carboxylic acids is 1. The van der Waals surface area contributed by atoms with Crippen molar-refractivity contribution in [3.63, 3.8) is 0 Å². The second kappa shape index (κ2) is 0.426. The van der Waals surface area contributed by atoms with Gasteiger partial charge in [-0.3, -0.25) is 0 Å². The fourth-order valence-corrected chi connectivity index (χ4v) is 92.2. The van der Waals surface area contributed by atoms with Crippen molar-refractivity contribution >= 4 is 5.97 Å². The predicted molar refractivity (Wildman–Crippen MR) is 53.1 cm³/mol. The van der Waals surface area contributed by atoms with Crippen molar-refractivity contribution in [1.29, 1.82) is 0 Å². The van der Waals surface area contributed by atoms with E-state index in [9.17, 15) is 4.79 Å². The Hall–Kier alpha value is -0.0105. The molecular formula is C13H14FeO2. The second-order valence-electron chi connectivity index (χ2n) is 10.6. The van der Waals surface area contributed by atoms with E-state index in [1.54, 1.807) is 7.11 Å². The van der Waals surface area contributed by atoms with E-state index in [2.05, 4.69) is 0 Å². The molecule has 0 bridgehead atoms. The van der Waals surface area contributed by atoms with Gasteiger partial charge < -0.3 is 0 Å². The third-order valence-corrected chi connectivity index (χ3v) is 58.6. The van der Waals surface area contributed by atoms with Gasteiger partial charge in [-0.2, -0.15) is 0 Å². The zero-order valence-electron chi connectivity index (χ0n) is 9.07. The maximum atomic E-state index is 11.8. The second-order valence-corrected chi connectivity index (χ2v) is 34.3. The minimum absolute atomic E-state index is 0.146. The number of carbonyl (C=O) groups is 1. The van der Waals surface area contributed by atoms with Crippen LogP contribution in [0.1, 0.15) is 6.42 Å². The average molecular weight is 258 g/mol. The molecule has 0 radical (unpaired) electrons. The van der Waals surface area contributed by atoms with Crippen molar-refractivity contribution in [3.05, 3.63) is 0 Å². The van der Waals surface area contributed by atoms with Crippen LogP contribution in [0, 0.1) is 0 Å². The molecule has 10 rings (SSSR count). The number of methoxy groups -OCH3 is 1. The van der Waals surface area contributed by atoms with Crippen LogP contribution in [0.5, 0.6) is 0 Å². The van der Waals surface area contributed by atoms with Crippen molar-refractivity contribution < 1.29 is 16.0 Å². The van der Waals surface area contributed by atoms with Crippen LogP contribution >= 0.6 is 0 Å². The molecule has 0 aromatic rings. The van der Waals surface area contributed by atoms with E-state index >= 15 is 0 Å². The summed E-state index contributed by atoms with van der Waals surface area (Å²) in [6.45, 7) is -2.92. The number of hydrogen-bond donors (Lipinski definition) is 0. The molecular weight excluding hydrogens is 244 g/mol. The summed E-state index contributed by atoms with van der Waals surface area (Å²) in [7, 11) is 1.59. The number of ether oxygens (including phenoxy) is 1. The maximum absolute atomic E-state index is 11.8. The van der Waals surface area contributed by atoms with E-state index in [1.165, 1.54) is 43.3 Å². The molecule has 10 heterocycles. The Labute approximate surface area is 83.4 Å². The molecule has 0 aromatic heterocycles. The van der Waals surface area contributed by atoms with Gasteiger partial charge in [-0.25, -0.2) is 0 Å². The summed E-state index contributed by atoms with van der Waals surface area (Å²) in [6.07, 6.45) is 0.900. The van der Waals surface area contributed by atoms with Gasteiger partial charge in [-0.1, -0.05) is 0 Å². The van der Waals surface area contributed by atoms with Crippen molar-refractivity contribution in [3.8, 4) is 0 Å². The van der Waals surface area contributed by atoms with Crippen LogP contribution in [0.3, 0.4) is 0 Å². The van der Waals surface area contributed by atoms with Crippen LogP contribution in [0.25, 0.3) is 0 Å². The van der Waals surface area contributed by atoms with Gasteiger partial charge in [0.25, 0.3) is 0 Å². The standard InChI is InChI=1S/C8H9O2.C5H5.Fe/c1-10-8(9)6-7-4-2-3-5-7;1-2-4-5-3-1;/h2-5H,6H2,1H3;1-5H;. The van der Waals surface area contributed by atoms with Crippen molar-refractivity contribution in [2.24, 2.45) is 0 Å². The van der Waals surface area contributed by atoms with Crippen LogP contribution < -0.4 is 0 Å². The first-order chi connectivity index (χ1) is 7.50. The molecule has 4 atom stereocenters. The summed E-state index contributed by atoms with van der Waals surface area (Å²) < 4.78 is 5.77. The van der Waals surface area contributed by atoms with Gasteiger partial charge in [0.2, 0.25) is 0 Å². The fraction of sp³-hybridized carbons (Fsp3) is 0.923. The zero-order chi connectivity index (χ0) is 10.0. The molecule has 16 heavy (non-hydrogen) atoms. The molecule has 10 aliphatic rings. The van der Waals surface area contributed by atoms with Gasteiger partial charge in [0, 0.05) is 0 Å². The van der Waals surface area contributed by atoms with Crippen molar-refractivity contribution in [2.45, 2.75) is 54.1 Å². The van der Waals surface area contributed by atoms with Crippen LogP contribution in [0.2, 0.25) is 47.7 Å². The molecule has 0 aliphatic carbocycles. The van der Waals surface area contributed by atoms with Gasteiger partial charge in [0.1, 0.15) is 0 Å². The first-order valence-electron chi connectivity index (χ1n) is 6.78. The summed E-state index contributed by atoms with van der Waals surface area (Å²) in [5, 5.41) is 0. The summed E-state index contributed by atoms with van der Waals surface area (Å²) >= 11 is 0. The fourth-order valence-electron chi connectivity index (χ4n) is 17.4. The molecule has 2 nitrogen and oxygen atoms in total. The molecule has 86 valence electrons. The molecule has 10 saturated heterocycles. The number of fused-ring (bicyclic) bond motifs is 10. The molecule has 0 amide bonds. The summed E-state index contributed by atoms with van der Waals surface area (Å²) in [4.78, 5) is 23.7. The van der Waals surface area contributed by atoms with E-state index in [4.69, 9.17) is 4.74 Å². The van der Waals surface area contributed by atoms with Gasteiger partial charge in [0.05, 0.1) is 0 Å². The summed E-state index contributed by atoms with van der Waals surface area (Å²) in [6, 6.07) is 0. The predicted octanol–water partition coefficient (Wildman–Crippen LogP) is 3.31. The monoisotopic (exact) mass is 258 g/mol. The van der Waals surface area contributed by atoms with Gasteiger partial charge in [0.15, 0.2) is 0 Å². The van der Waals surface area contributed by atoms with E-state index < -0.39 is 6.51 Å². The van der Waals surface area contributed by atoms with Crippen LogP contribution in [-0.2, 0) is 16.0 Å². The van der Waals surface area contributed by atoms with Crippen LogP contribution in [0.4, 0.5) is 0 Å². The molecule has 10 fully saturated rings. The van der Waals surface area contributed by atoms with Gasteiger partial charge in [-0.15, -0.1) is 0 Å². The van der Waals surface area contributed by atoms with E-state index in [0.29, 0.717) is 0 Å². The van der Waals surface area contributed by atoms with E-state index in [-0.39, 0.29) is 5.97 Å². The zero-order valence-corrected chi connectivity index (χ0v) is 10.2. The molecule has 4 unspecified atom stereocenters. The summed E-state index contributed by atoms with van der Waals surface area (Å²) in [5.74, 6) is 0.146. The van der Waals surface area contributed by atoms with Crippen molar-refractivity contribution in [1.82, 2.24) is 0 Å². The third kappa shape index (κ3) is 0.0488. The van der Waals surface area contributed by atoms with E-state index in [1.807, 2.05) is 0 Å².